The number of hydrogen-bond donors (Lipinski definition) is 1. The second-order valence-corrected chi connectivity index (χ2v) is 2.64. The fraction of sp³-hybridized carbons (Fsp3) is 0.222. The van der Waals surface area contributed by atoms with Gasteiger partial charge in [0.05, 0.1) is 0 Å². The van der Waals surface area contributed by atoms with E-state index in [-0.39, 0.29) is 5.78 Å². The first-order valence-electron chi connectivity index (χ1n) is 3.46. The zero-order chi connectivity index (χ0) is 8.43. The maximum Gasteiger partial charge on any atom is 0.161 e. The van der Waals surface area contributed by atoms with Crippen LogP contribution in [-0.2, 0) is 0 Å². The number of nitrogens with one attached hydrogen (secondary N) is 1. The summed E-state index contributed by atoms with van der Waals surface area (Å²) in [7, 11) is 0. The molecule has 0 fully saturated rings. The molecule has 2 nitrogen and oxygen atoms in total. The van der Waals surface area contributed by atoms with E-state index in [4.69, 9.17) is 0 Å². The number of allylic oxidation sites excluding steroid dienone is 1. The Hall–Kier alpha value is -1.31. The summed E-state index contributed by atoms with van der Waals surface area (Å²) in [6.45, 7) is 7.20. The highest BCUT2D eigenvalue weighted by Crippen LogP contribution is 2.11. The maximum atomic E-state index is 10.8. The van der Waals surface area contributed by atoms with Crippen molar-refractivity contribution in [2.75, 3.05) is 0 Å². The Bertz CT molecular complexity index is 268. The Morgan fingerprint density at radius 2 is 2.18 bits per heavy atom. The highest BCUT2D eigenvalue weighted by atomic mass is 16.1. The second-order valence-electron chi connectivity index (χ2n) is 2.64. The van der Waals surface area contributed by atoms with Gasteiger partial charge in [0.15, 0.2) is 5.78 Å². The summed E-state index contributed by atoms with van der Waals surface area (Å²) in [6, 6.07) is 1.81. The van der Waals surface area contributed by atoms with Gasteiger partial charge in [-0.25, -0.2) is 0 Å². The average Bonchev–Trinajstić information content (AvgIpc) is 2.33. The van der Waals surface area contributed by atoms with E-state index in [1.54, 1.807) is 13.1 Å². The van der Waals surface area contributed by atoms with E-state index in [0.29, 0.717) is 5.56 Å². The van der Waals surface area contributed by atoms with Gasteiger partial charge in [-0.3, -0.25) is 4.79 Å². The molecule has 0 bridgehead atoms. The Kier molecular flexibility index (Phi) is 1.94. The lowest BCUT2D eigenvalue weighted by atomic mass is 10.2. The van der Waals surface area contributed by atoms with E-state index in [1.807, 2.05) is 13.0 Å². The van der Waals surface area contributed by atoms with Gasteiger partial charge in [0, 0.05) is 17.5 Å². The fourth-order valence-corrected chi connectivity index (χ4v) is 0.844. The minimum atomic E-state index is 0.0775. The quantitative estimate of drug-likeness (QED) is 0.643. The molecule has 0 atom stereocenters. The third kappa shape index (κ3) is 1.58. The van der Waals surface area contributed by atoms with Crippen molar-refractivity contribution >= 4 is 11.4 Å². The van der Waals surface area contributed by atoms with Gasteiger partial charge in [-0.2, -0.15) is 0 Å². The summed E-state index contributed by atoms with van der Waals surface area (Å²) in [4.78, 5) is 13.8. The smallest absolute Gasteiger partial charge is 0.161 e. The molecular weight excluding hydrogens is 138 g/mol. The molecule has 0 aliphatic heterocycles. The van der Waals surface area contributed by atoms with Crippen LogP contribution in [0, 0.1) is 0 Å². The molecule has 0 spiro atoms. The van der Waals surface area contributed by atoms with Gasteiger partial charge in [0.2, 0.25) is 0 Å². The van der Waals surface area contributed by atoms with Crippen LogP contribution in [0.4, 0.5) is 0 Å². The molecule has 1 heterocycles. The molecule has 0 saturated heterocycles. The van der Waals surface area contributed by atoms with Crippen molar-refractivity contribution in [2.24, 2.45) is 0 Å². The van der Waals surface area contributed by atoms with Crippen LogP contribution in [0.25, 0.3) is 5.57 Å². The van der Waals surface area contributed by atoms with Crippen molar-refractivity contribution in [3.05, 3.63) is 30.1 Å². The molecule has 0 aliphatic rings. The molecule has 2 heteroatoms. The van der Waals surface area contributed by atoms with Crippen molar-refractivity contribution in [3.8, 4) is 0 Å². The zero-order valence-electron chi connectivity index (χ0n) is 6.77. The third-order valence-corrected chi connectivity index (χ3v) is 1.55. The molecule has 58 valence electrons. The molecule has 0 aromatic carbocycles. The van der Waals surface area contributed by atoms with Crippen molar-refractivity contribution in [3.63, 3.8) is 0 Å². The maximum absolute atomic E-state index is 10.8. The van der Waals surface area contributed by atoms with Crippen LogP contribution in [0.2, 0.25) is 0 Å². The van der Waals surface area contributed by atoms with Gasteiger partial charge in [-0.15, -0.1) is 0 Å². The van der Waals surface area contributed by atoms with Gasteiger partial charge in [0.1, 0.15) is 0 Å². The standard InChI is InChI=1S/C9H11NO/c1-6(2)9-4-8(5-10-9)7(3)11/h4-5,10H,1H2,2-3H3. The van der Waals surface area contributed by atoms with E-state index in [0.717, 1.165) is 11.3 Å². The number of aromatic amines is 1. The van der Waals surface area contributed by atoms with Crippen molar-refractivity contribution in [1.82, 2.24) is 4.98 Å². The van der Waals surface area contributed by atoms with Gasteiger partial charge in [0.25, 0.3) is 0 Å². The summed E-state index contributed by atoms with van der Waals surface area (Å²) in [5.74, 6) is 0.0775. The number of carbonyl (C=O) groups is 1. The average molecular weight is 149 g/mol. The molecule has 1 aromatic heterocycles. The highest BCUT2D eigenvalue weighted by molar-refractivity contribution is 5.94. The SMILES string of the molecule is C=C(C)c1cc(C(C)=O)c[nH]1. The summed E-state index contributed by atoms with van der Waals surface area (Å²) in [5, 5.41) is 0. The third-order valence-electron chi connectivity index (χ3n) is 1.55. The number of Topliss-reactive ketones (excluding diaryl/α,β-unsaturated/α-hetero) is 1. The van der Waals surface area contributed by atoms with Crippen molar-refractivity contribution in [1.29, 1.82) is 0 Å². The van der Waals surface area contributed by atoms with Crippen molar-refractivity contribution in [2.45, 2.75) is 13.8 Å². The van der Waals surface area contributed by atoms with Gasteiger partial charge >= 0.3 is 0 Å². The Morgan fingerprint density at radius 3 is 2.45 bits per heavy atom. The number of ketones is 1. The first-order valence-corrected chi connectivity index (χ1v) is 3.46. The van der Waals surface area contributed by atoms with Crippen LogP contribution in [0.3, 0.4) is 0 Å². The van der Waals surface area contributed by atoms with Crippen LogP contribution in [0.1, 0.15) is 29.9 Å². The lowest BCUT2D eigenvalue weighted by Gasteiger charge is -1.89. The Morgan fingerprint density at radius 1 is 1.55 bits per heavy atom. The predicted molar refractivity (Wildman–Crippen MR) is 45.5 cm³/mol. The number of hydrogen-bond acceptors (Lipinski definition) is 1. The van der Waals surface area contributed by atoms with Crippen LogP contribution < -0.4 is 0 Å². The number of H-pyrrole nitrogens is 1. The summed E-state index contributed by atoms with van der Waals surface area (Å²) < 4.78 is 0. The molecule has 1 aromatic rings. The molecule has 0 aliphatic carbocycles. The molecule has 11 heavy (non-hydrogen) atoms. The first-order chi connectivity index (χ1) is 5.11. The zero-order valence-corrected chi connectivity index (χ0v) is 6.77. The highest BCUT2D eigenvalue weighted by Gasteiger charge is 2.02. The number of aromatic nitrogens is 1. The first kappa shape index (κ1) is 7.79. The fourth-order valence-electron chi connectivity index (χ4n) is 0.844. The molecule has 1 N–H and O–H groups in total. The van der Waals surface area contributed by atoms with Crippen LogP contribution >= 0.6 is 0 Å². The molecule has 1 rings (SSSR count). The van der Waals surface area contributed by atoms with E-state index in [1.165, 1.54) is 0 Å². The lowest BCUT2D eigenvalue weighted by Crippen LogP contribution is -1.86. The Balaban J connectivity index is 2.99. The van der Waals surface area contributed by atoms with Crippen LogP contribution in [0.15, 0.2) is 18.8 Å². The van der Waals surface area contributed by atoms with E-state index >= 15 is 0 Å². The molecule has 0 unspecified atom stereocenters. The lowest BCUT2D eigenvalue weighted by molar-refractivity contribution is 0.101. The van der Waals surface area contributed by atoms with Crippen LogP contribution in [-0.4, -0.2) is 10.8 Å². The molecule has 0 radical (unpaired) electrons. The largest absolute Gasteiger partial charge is 0.361 e. The van der Waals surface area contributed by atoms with E-state index < -0.39 is 0 Å². The number of rotatable bonds is 2. The summed E-state index contributed by atoms with van der Waals surface area (Å²) >= 11 is 0. The van der Waals surface area contributed by atoms with Crippen molar-refractivity contribution < 1.29 is 4.79 Å². The minimum absolute atomic E-state index is 0.0775. The molecule has 0 amide bonds. The predicted octanol–water partition coefficient (Wildman–Crippen LogP) is 2.25. The van der Waals surface area contributed by atoms with E-state index in [9.17, 15) is 4.79 Å². The minimum Gasteiger partial charge on any atom is -0.361 e. The molecule has 0 saturated carbocycles. The van der Waals surface area contributed by atoms with Gasteiger partial charge < -0.3 is 4.98 Å². The normalized spacial score (nSPS) is 9.64. The van der Waals surface area contributed by atoms with Crippen LogP contribution in [0.5, 0.6) is 0 Å². The van der Waals surface area contributed by atoms with Gasteiger partial charge in [-0.1, -0.05) is 6.58 Å². The Labute approximate surface area is 65.9 Å². The monoisotopic (exact) mass is 149 g/mol. The summed E-state index contributed by atoms with van der Waals surface area (Å²) in [5.41, 5.74) is 2.58. The topological polar surface area (TPSA) is 32.9 Å². The van der Waals surface area contributed by atoms with Gasteiger partial charge in [-0.05, 0) is 25.5 Å². The number of carbonyl (C=O) groups excluding carboxylic acids is 1. The molecular formula is C9H11NO. The van der Waals surface area contributed by atoms with E-state index in [2.05, 4.69) is 11.6 Å². The second kappa shape index (κ2) is 2.74. The summed E-state index contributed by atoms with van der Waals surface area (Å²) in [6.07, 6.45) is 1.70.